The fourth-order valence-corrected chi connectivity index (χ4v) is 3.07. The van der Waals surface area contributed by atoms with Gasteiger partial charge < -0.3 is 5.32 Å². The molecule has 0 aliphatic rings. The van der Waals surface area contributed by atoms with E-state index in [0.717, 1.165) is 9.47 Å². The van der Waals surface area contributed by atoms with Crippen LogP contribution in [0.5, 0.6) is 0 Å². The summed E-state index contributed by atoms with van der Waals surface area (Å²) in [6.45, 7) is 2.05. The van der Waals surface area contributed by atoms with Gasteiger partial charge in [-0.2, -0.15) is 0 Å². The van der Waals surface area contributed by atoms with Crippen molar-refractivity contribution in [2.75, 3.05) is 5.32 Å². The number of halogens is 3. The number of benzene rings is 1. The normalized spacial score (nSPS) is 12.5. The lowest BCUT2D eigenvalue weighted by Gasteiger charge is -2.13. The third-order valence-corrected chi connectivity index (χ3v) is 4.42. The molecule has 1 aromatic heterocycles. The minimum absolute atomic E-state index is 0.134. The summed E-state index contributed by atoms with van der Waals surface area (Å²) >= 11 is 10.8. The van der Waals surface area contributed by atoms with Crippen LogP contribution >= 0.6 is 38.9 Å². The van der Waals surface area contributed by atoms with Crippen LogP contribution in [0.1, 0.15) is 17.8 Å². The molecule has 0 radical (unpaired) electrons. The van der Waals surface area contributed by atoms with Gasteiger partial charge in [0.15, 0.2) is 0 Å². The molecule has 1 atom stereocenters. The smallest absolute Gasteiger partial charge is 0.141 e. The molecule has 1 N–H and O–H groups in total. The van der Waals surface area contributed by atoms with Gasteiger partial charge >= 0.3 is 0 Å². The molecule has 5 heteroatoms. The molecule has 1 unspecified atom stereocenters. The predicted molar refractivity (Wildman–Crippen MR) is 75.5 cm³/mol. The molecule has 0 saturated carbocycles. The first-order valence-corrected chi connectivity index (χ1v) is 7.02. The van der Waals surface area contributed by atoms with Crippen LogP contribution in [0.25, 0.3) is 0 Å². The zero-order chi connectivity index (χ0) is 12.4. The van der Waals surface area contributed by atoms with Crippen LogP contribution in [-0.4, -0.2) is 0 Å². The van der Waals surface area contributed by atoms with E-state index in [9.17, 15) is 4.39 Å². The molecule has 0 fully saturated rings. The highest BCUT2D eigenvalue weighted by Crippen LogP contribution is 2.30. The Morgan fingerprint density at radius 3 is 2.71 bits per heavy atom. The highest BCUT2D eigenvalue weighted by molar-refractivity contribution is 9.11. The largest absolute Gasteiger partial charge is 0.378 e. The fraction of sp³-hybridized carbons (Fsp3) is 0.167. The maximum atomic E-state index is 13.0. The number of nitrogens with one attached hydrogen (secondary N) is 1. The molecule has 2 rings (SSSR count). The van der Waals surface area contributed by atoms with Gasteiger partial charge in [-0.3, -0.25) is 0 Å². The van der Waals surface area contributed by atoms with Crippen molar-refractivity contribution >= 4 is 44.6 Å². The van der Waals surface area contributed by atoms with E-state index in [2.05, 4.69) is 34.2 Å². The molecule has 2 aromatic rings. The molecule has 17 heavy (non-hydrogen) atoms. The molecular formula is C12H10BrClFNS. The van der Waals surface area contributed by atoms with Gasteiger partial charge in [-0.15, -0.1) is 11.3 Å². The molecule has 0 saturated heterocycles. The summed E-state index contributed by atoms with van der Waals surface area (Å²) in [5.41, 5.74) is 0.813. The van der Waals surface area contributed by atoms with Crippen molar-refractivity contribution in [1.29, 1.82) is 0 Å². The lowest BCUT2D eigenvalue weighted by molar-refractivity contribution is 0.628. The van der Waals surface area contributed by atoms with Crippen LogP contribution in [0.4, 0.5) is 10.1 Å². The Labute approximate surface area is 117 Å². The van der Waals surface area contributed by atoms with Crippen molar-refractivity contribution in [1.82, 2.24) is 0 Å². The monoisotopic (exact) mass is 333 g/mol. The van der Waals surface area contributed by atoms with E-state index in [1.807, 2.05) is 6.07 Å². The summed E-state index contributed by atoms with van der Waals surface area (Å²) in [5, 5.41) is 3.41. The first-order chi connectivity index (χ1) is 8.06. The highest BCUT2D eigenvalue weighted by Gasteiger charge is 2.09. The Morgan fingerprint density at radius 2 is 2.12 bits per heavy atom. The molecule has 90 valence electrons. The van der Waals surface area contributed by atoms with E-state index >= 15 is 0 Å². The van der Waals surface area contributed by atoms with Crippen LogP contribution in [0.2, 0.25) is 5.02 Å². The van der Waals surface area contributed by atoms with Crippen molar-refractivity contribution < 1.29 is 4.39 Å². The molecule has 1 aromatic carbocycles. The SMILES string of the molecule is CC(Nc1ccc(F)c(Cl)c1)c1ccc(Br)s1. The van der Waals surface area contributed by atoms with Gasteiger partial charge in [0, 0.05) is 10.6 Å². The Hall–Kier alpha value is -0.580. The van der Waals surface area contributed by atoms with Gasteiger partial charge in [0.25, 0.3) is 0 Å². The Balaban J connectivity index is 2.12. The second-order valence-corrected chi connectivity index (χ2v) is 6.54. The van der Waals surface area contributed by atoms with E-state index in [4.69, 9.17) is 11.6 Å². The average Bonchev–Trinajstić information content (AvgIpc) is 2.70. The van der Waals surface area contributed by atoms with Crippen LogP contribution < -0.4 is 5.32 Å². The molecular weight excluding hydrogens is 325 g/mol. The van der Waals surface area contributed by atoms with Gasteiger partial charge in [0.05, 0.1) is 14.9 Å². The maximum Gasteiger partial charge on any atom is 0.141 e. The minimum atomic E-state index is -0.399. The second-order valence-electron chi connectivity index (χ2n) is 3.64. The predicted octanol–water partition coefficient (Wildman–Crippen LogP) is 5.48. The first-order valence-electron chi connectivity index (χ1n) is 5.03. The summed E-state index contributed by atoms with van der Waals surface area (Å²) in [4.78, 5) is 1.21. The summed E-state index contributed by atoms with van der Waals surface area (Å²) < 4.78 is 14.1. The van der Waals surface area contributed by atoms with E-state index < -0.39 is 5.82 Å². The van der Waals surface area contributed by atoms with Gasteiger partial charge in [-0.05, 0) is 53.2 Å². The molecule has 0 aliphatic carbocycles. The zero-order valence-corrected chi connectivity index (χ0v) is 12.2. The van der Waals surface area contributed by atoms with Gasteiger partial charge in [0.2, 0.25) is 0 Å². The lowest BCUT2D eigenvalue weighted by atomic mass is 10.2. The number of anilines is 1. The van der Waals surface area contributed by atoms with Gasteiger partial charge in [-0.1, -0.05) is 11.6 Å². The summed E-state index contributed by atoms with van der Waals surface area (Å²) in [6, 6.07) is 8.86. The van der Waals surface area contributed by atoms with Crippen LogP contribution in [0, 0.1) is 5.82 Å². The zero-order valence-electron chi connectivity index (χ0n) is 9.01. The molecule has 1 heterocycles. The highest BCUT2D eigenvalue weighted by atomic mass is 79.9. The average molecular weight is 335 g/mol. The Bertz CT molecular complexity index is 529. The quantitative estimate of drug-likeness (QED) is 0.784. The van der Waals surface area contributed by atoms with Crippen molar-refractivity contribution in [3.05, 3.63) is 49.8 Å². The van der Waals surface area contributed by atoms with E-state index in [-0.39, 0.29) is 11.1 Å². The van der Waals surface area contributed by atoms with E-state index in [1.165, 1.54) is 10.9 Å². The van der Waals surface area contributed by atoms with Crippen LogP contribution in [-0.2, 0) is 0 Å². The molecule has 0 bridgehead atoms. The van der Waals surface area contributed by atoms with Crippen molar-refractivity contribution in [2.45, 2.75) is 13.0 Å². The molecule has 1 nitrogen and oxygen atoms in total. The summed E-state index contributed by atoms with van der Waals surface area (Å²) in [7, 11) is 0. The minimum Gasteiger partial charge on any atom is -0.378 e. The fourth-order valence-electron chi connectivity index (χ4n) is 1.47. The second kappa shape index (κ2) is 5.38. The van der Waals surface area contributed by atoms with Gasteiger partial charge in [-0.25, -0.2) is 4.39 Å². The lowest BCUT2D eigenvalue weighted by Crippen LogP contribution is -2.04. The third kappa shape index (κ3) is 3.21. The number of hydrogen-bond donors (Lipinski definition) is 1. The van der Waals surface area contributed by atoms with E-state index in [0.29, 0.717) is 0 Å². The number of thiophene rings is 1. The van der Waals surface area contributed by atoms with Crippen molar-refractivity contribution in [3.63, 3.8) is 0 Å². The summed E-state index contributed by atoms with van der Waals surface area (Å²) in [5.74, 6) is -0.399. The Morgan fingerprint density at radius 1 is 1.35 bits per heavy atom. The molecule has 0 amide bonds. The number of rotatable bonds is 3. The Kier molecular flexibility index (Phi) is 4.07. The van der Waals surface area contributed by atoms with Crippen molar-refractivity contribution in [3.8, 4) is 0 Å². The van der Waals surface area contributed by atoms with E-state index in [1.54, 1.807) is 23.5 Å². The molecule has 0 aliphatic heterocycles. The maximum absolute atomic E-state index is 13.0. The summed E-state index contributed by atoms with van der Waals surface area (Å²) in [6.07, 6.45) is 0. The van der Waals surface area contributed by atoms with Crippen LogP contribution in [0.3, 0.4) is 0 Å². The molecule has 0 spiro atoms. The topological polar surface area (TPSA) is 12.0 Å². The first kappa shape index (κ1) is 12.9. The van der Waals surface area contributed by atoms with Gasteiger partial charge in [0.1, 0.15) is 5.82 Å². The number of hydrogen-bond acceptors (Lipinski definition) is 2. The van der Waals surface area contributed by atoms with Crippen molar-refractivity contribution in [2.24, 2.45) is 0 Å². The van der Waals surface area contributed by atoms with Crippen LogP contribution in [0.15, 0.2) is 34.1 Å². The third-order valence-electron chi connectivity index (χ3n) is 2.32. The standard InChI is InChI=1S/C12H10BrClFNS/c1-7(11-4-5-12(13)17-11)16-8-2-3-10(15)9(14)6-8/h2-7,16H,1H3.